The van der Waals surface area contributed by atoms with E-state index in [1.165, 1.54) is 6.08 Å². The molecule has 13 heavy (non-hydrogen) atoms. The molecular formula is C10H10FNO. The monoisotopic (exact) mass is 179 g/mol. The van der Waals surface area contributed by atoms with Crippen molar-refractivity contribution < 1.29 is 9.18 Å². The van der Waals surface area contributed by atoms with Gasteiger partial charge in [-0.3, -0.25) is 0 Å². The van der Waals surface area contributed by atoms with Crippen molar-refractivity contribution in [2.24, 2.45) is 4.99 Å². The van der Waals surface area contributed by atoms with Crippen molar-refractivity contribution in [3.63, 3.8) is 0 Å². The number of aliphatic imine (C=N–C) groups is 1. The van der Waals surface area contributed by atoms with Crippen molar-refractivity contribution in [2.45, 2.75) is 13.1 Å². The van der Waals surface area contributed by atoms with Gasteiger partial charge >= 0.3 is 0 Å². The highest BCUT2D eigenvalue weighted by atomic mass is 19.1. The lowest BCUT2D eigenvalue weighted by atomic mass is 10.0. The molecule has 3 heteroatoms. The van der Waals surface area contributed by atoms with E-state index in [4.69, 9.17) is 0 Å². The highest BCUT2D eigenvalue weighted by Gasteiger charge is 2.10. The van der Waals surface area contributed by atoms with Gasteiger partial charge in [-0.05, 0) is 18.1 Å². The van der Waals surface area contributed by atoms with Gasteiger partial charge in [-0.1, -0.05) is 24.3 Å². The molecule has 0 saturated carbocycles. The summed E-state index contributed by atoms with van der Waals surface area (Å²) in [5.41, 5.74) is 1.46. The molecule has 0 aromatic heterocycles. The summed E-state index contributed by atoms with van der Waals surface area (Å²) in [4.78, 5) is 13.0. The van der Waals surface area contributed by atoms with E-state index in [-0.39, 0.29) is 6.54 Å². The first kappa shape index (κ1) is 9.62. The number of hydrogen-bond acceptors (Lipinski definition) is 2. The van der Waals surface area contributed by atoms with Crippen molar-refractivity contribution in [3.05, 3.63) is 35.4 Å². The zero-order valence-corrected chi connectivity index (χ0v) is 7.33. The van der Waals surface area contributed by atoms with Crippen molar-refractivity contribution in [1.82, 2.24) is 0 Å². The lowest BCUT2D eigenvalue weighted by molar-refractivity contribution is 0.352. The molecule has 1 aromatic rings. The van der Waals surface area contributed by atoms with Gasteiger partial charge in [-0.25, -0.2) is 14.2 Å². The minimum atomic E-state index is -1.21. The van der Waals surface area contributed by atoms with Gasteiger partial charge in [0.15, 0.2) is 0 Å². The smallest absolute Gasteiger partial charge is 0.235 e. The molecule has 0 fully saturated rings. The van der Waals surface area contributed by atoms with Crippen molar-refractivity contribution >= 4 is 6.08 Å². The van der Waals surface area contributed by atoms with Crippen molar-refractivity contribution in [3.8, 4) is 0 Å². The second kappa shape index (κ2) is 4.53. The van der Waals surface area contributed by atoms with Gasteiger partial charge in [-0.15, -0.1) is 0 Å². The SMILES string of the molecule is Cc1ccccc1C(F)CN=C=O. The van der Waals surface area contributed by atoms with Crippen LogP contribution in [0.1, 0.15) is 17.3 Å². The number of benzene rings is 1. The van der Waals surface area contributed by atoms with Crippen LogP contribution in [0.5, 0.6) is 0 Å². The van der Waals surface area contributed by atoms with Gasteiger partial charge < -0.3 is 0 Å². The van der Waals surface area contributed by atoms with Gasteiger partial charge in [0.2, 0.25) is 6.08 Å². The van der Waals surface area contributed by atoms with Gasteiger partial charge in [0, 0.05) is 0 Å². The molecular weight excluding hydrogens is 169 g/mol. The van der Waals surface area contributed by atoms with Gasteiger partial charge in [0.1, 0.15) is 6.17 Å². The molecule has 0 saturated heterocycles. The fourth-order valence-corrected chi connectivity index (χ4v) is 1.15. The molecule has 1 atom stereocenters. The van der Waals surface area contributed by atoms with Gasteiger partial charge in [0.25, 0.3) is 0 Å². The number of aryl methyl sites for hydroxylation is 1. The quantitative estimate of drug-likeness (QED) is 0.517. The molecule has 0 aliphatic heterocycles. The molecule has 68 valence electrons. The summed E-state index contributed by atoms with van der Waals surface area (Å²) >= 11 is 0. The van der Waals surface area contributed by atoms with Gasteiger partial charge in [-0.2, -0.15) is 0 Å². The number of hydrogen-bond donors (Lipinski definition) is 0. The molecule has 0 amide bonds. The van der Waals surface area contributed by atoms with Crippen LogP contribution in [0.3, 0.4) is 0 Å². The largest absolute Gasteiger partial charge is 0.240 e. The molecule has 0 aliphatic carbocycles. The number of nitrogens with zero attached hydrogens (tertiary/aromatic N) is 1. The molecule has 1 rings (SSSR count). The number of rotatable bonds is 3. The second-order valence-corrected chi connectivity index (χ2v) is 2.76. The average Bonchev–Trinajstić information content (AvgIpc) is 2.15. The third kappa shape index (κ3) is 2.49. The maximum absolute atomic E-state index is 13.3. The highest BCUT2D eigenvalue weighted by molar-refractivity contribution is 5.34. The summed E-state index contributed by atoms with van der Waals surface area (Å²) in [7, 11) is 0. The highest BCUT2D eigenvalue weighted by Crippen LogP contribution is 2.20. The predicted octanol–water partition coefficient (Wildman–Crippen LogP) is 2.34. The van der Waals surface area contributed by atoms with E-state index in [0.717, 1.165) is 5.56 Å². The topological polar surface area (TPSA) is 29.4 Å². The third-order valence-corrected chi connectivity index (χ3v) is 1.84. The number of isocyanates is 1. The first-order chi connectivity index (χ1) is 6.25. The van der Waals surface area contributed by atoms with E-state index in [1.807, 2.05) is 19.1 Å². The van der Waals surface area contributed by atoms with Crippen LogP contribution in [0.25, 0.3) is 0 Å². The van der Waals surface area contributed by atoms with E-state index in [1.54, 1.807) is 12.1 Å². The minimum Gasteiger partial charge on any atom is -0.240 e. The van der Waals surface area contributed by atoms with Crippen LogP contribution in [-0.4, -0.2) is 12.6 Å². The minimum absolute atomic E-state index is 0.144. The zero-order valence-electron chi connectivity index (χ0n) is 7.33. The van der Waals surface area contributed by atoms with Gasteiger partial charge in [0.05, 0.1) is 6.54 Å². The number of alkyl halides is 1. The Bertz CT molecular complexity index is 331. The fraction of sp³-hybridized carbons (Fsp3) is 0.300. The summed E-state index contributed by atoms with van der Waals surface area (Å²) in [5, 5.41) is 0. The Labute approximate surface area is 76.1 Å². The summed E-state index contributed by atoms with van der Waals surface area (Å²) in [6.07, 6.45) is 0.117. The fourth-order valence-electron chi connectivity index (χ4n) is 1.15. The maximum atomic E-state index is 13.3. The molecule has 0 N–H and O–H groups in total. The second-order valence-electron chi connectivity index (χ2n) is 2.76. The Kier molecular flexibility index (Phi) is 3.35. The Morgan fingerprint density at radius 2 is 2.23 bits per heavy atom. The Morgan fingerprint density at radius 1 is 1.54 bits per heavy atom. The Morgan fingerprint density at radius 3 is 2.85 bits per heavy atom. The zero-order chi connectivity index (χ0) is 9.68. The van der Waals surface area contributed by atoms with Crippen LogP contribution < -0.4 is 0 Å². The Balaban J connectivity index is 2.81. The van der Waals surface area contributed by atoms with Crippen LogP contribution in [0.15, 0.2) is 29.3 Å². The van der Waals surface area contributed by atoms with E-state index in [0.29, 0.717) is 5.56 Å². The van der Waals surface area contributed by atoms with Crippen LogP contribution in [0, 0.1) is 6.92 Å². The molecule has 0 heterocycles. The normalized spacial score (nSPS) is 11.8. The van der Waals surface area contributed by atoms with Crippen LogP contribution in [-0.2, 0) is 4.79 Å². The van der Waals surface area contributed by atoms with Crippen LogP contribution in [0.4, 0.5) is 4.39 Å². The molecule has 0 aliphatic rings. The Hall–Kier alpha value is -1.47. The van der Waals surface area contributed by atoms with E-state index >= 15 is 0 Å². The molecule has 0 spiro atoms. The molecule has 1 unspecified atom stereocenters. The molecule has 0 radical (unpaired) electrons. The standard InChI is InChI=1S/C10H10FNO/c1-8-4-2-3-5-9(8)10(11)6-12-7-13/h2-5,10H,6H2,1H3. The van der Waals surface area contributed by atoms with E-state index in [9.17, 15) is 9.18 Å². The first-order valence-corrected chi connectivity index (χ1v) is 3.99. The summed E-state index contributed by atoms with van der Waals surface area (Å²) in [6.45, 7) is 1.68. The third-order valence-electron chi connectivity index (χ3n) is 1.84. The number of carbonyl (C=O) groups excluding carboxylic acids is 1. The van der Waals surface area contributed by atoms with Crippen LogP contribution in [0.2, 0.25) is 0 Å². The molecule has 1 aromatic carbocycles. The predicted molar refractivity (Wildman–Crippen MR) is 48.0 cm³/mol. The lowest BCUT2D eigenvalue weighted by Gasteiger charge is -2.07. The molecule has 0 bridgehead atoms. The average molecular weight is 179 g/mol. The van der Waals surface area contributed by atoms with Crippen molar-refractivity contribution in [1.29, 1.82) is 0 Å². The lowest BCUT2D eigenvalue weighted by Crippen LogP contribution is -1.98. The maximum Gasteiger partial charge on any atom is 0.235 e. The van der Waals surface area contributed by atoms with E-state index < -0.39 is 6.17 Å². The summed E-state index contributed by atoms with van der Waals surface area (Å²) in [6, 6.07) is 7.13. The molecule has 2 nitrogen and oxygen atoms in total. The van der Waals surface area contributed by atoms with Crippen LogP contribution >= 0.6 is 0 Å². The number of halogens is 1. The van der Waals surface area contributed by atoms with Crippen molar-refractivity contribution in [2.75, 3.05) is 6.54 Å². The summed E-state index contributed by atoms with van der Waals surface area (Å²) < 4.78 is 13.3. The van der Waals surface area contributed by atoms with E-state index in [2.05, 4.69) is 4.99 Å². The summed E-state index contributed by atoms with van der Waals surface area (Å²) in [5.74, 6) is 0. The first-order valence-electron chi connectivity index (χ1n) is 3.99.